The maximum absolute atomic E-state index is 11.7. The van der Waals surface area contributed by atoms with Crippen molar-refractivity contribution in [2.75, 3.05) is 10.6 Å². The molecule has 110 valence electrons. The molecule has 1 aromatic heterocycles. The molecule has 0 spiro atoms. The average Bonchev–Trinajstić information content (AvgIpc) is 2.40. The van der Waals surface area contributed by atoms with Gasteiger partial charge in [-0.15, -0.1) is 0 Å². The van der Waals surface area contributed by atoms with E-state index in [1.165, 1.54) is 0 Å². The number of amides is 1. The summed E-state index contributed by atoms with van der Waals surface area (Å²) in [6, 6.07) is 11.0. The summed E-state index contributed by atoms with van der Waals surface area (Å²) in [5.41, 5.74) is 1.56. The van der Waals surface area contributed by atoms with E-state index in [2.05, 4.69) is 15.6 Å². The first kappa shape index (κ1) is 15.3. The number of carbonyl (C=O) groups is 1. The van der Waals surface area contributed by atoms with Crippen molar-refractivity contribution in [1.82, 2.24) is 4.98 Å². The number of nitrogens with zero attached hydrogens (tertiary/aromatic N) is 1. The molecule has 1 amide bonds. The lowest BCUT2D eigenvalue weighted by molar-refractivity contribution is -0.116. The van der Waals surface area contributed by atoms with Gasteiger partial charge in [-0.3, -0.25) is 4.79 Å². The minimum absolute atomic E-state index is 0.00218. The van der Waals surface area contributed by atoms with Crippen molar-refractivity contribution >= 4 is 34.7 Å². The standard InChI is InChI=1S/C16H18ClN3O/c1-11(2)8-16(21)20-14-6-7-15(18-10-14)19-13-5-3-4-12(17)9-13/h3-7,9-11H,8H2,1-2H3,(H,18,19)(H,20,21). The molecule has 21 heavy (non-hydrogen) atoms. The van der Waals surface area contributed by atoms with Crippen molar-refractivity contribution in [2.24, 2.45) is 5.92 Å². The van der Waals surface area contributed by atoms with E-state index in [0.29, 0.717) is 28.9 Å². The number of hydrogen-bond acceptors (Lipinski definition) is 3. The lowest BCUT2D eigenvalue weighted by atomic mass is 10.1. The second kappa shape index (κ2) is 7.09. The molecule has 0 bridgehead atoms. The molecule has 4 nitrogen and oxygen atoms in total. The van der Waals surface area contributed by atoms with Gasteiger partial charge < -0.3 is 10.6 Å². The molecule has 1 aromatic carbocycles. The van der Waals surface area contributed by atoms with Crippen molar-refractivity contribution in [1.29, 1.82) is 0 Å². The molecule has 0 unspecified atom stereocenters. The second-order valence-electron chi connectivity index (χ2n) is 5.21. The monoisotopic (exact) mass is 303 g/mol. The van der Waals surface area contributed by atoms with Crippen molar-refractivity contribution in [3.8, 4) is 0 Å². The lowest BCUT2D eigenvalue weighted by Gasteiger charge is -2.09. The van der Waals surface area contributed by atoms with Crippen LogP contribution >= 0.6 is 11.6 Å². The van der Waals surface area contributed by atoms with E-state index in [1.807, 2.05) is 50.2 Å². The third-order valence-electron chi connectivity index (χ3n) is 2.74. The Labute approximate surface area is 129 Å². The number of hydrogen-bond donors (Lipinski definition) is 2. The van der Waals surface area contributed by atoms with Crippen LogP contribution in [0.25, 0.3) is 0 Å². The van der Waals surface area contributed by atoms with E-state index >= 15 is 0 Å². The summed E-state index contributed by atoms with van der Waals surface area (Å²) in [6.07, 6.45) is 2.13. The number of benzene rings is 1. The van der Waals surface area contributed by atoms with Crippen LogP contribution in [0.4, 0.5) is 17.2 Å². The molecule has 0 radical (unpaired) electrons. The van der Waals surface area contributed by atoms with Gasteiger partial charge in [0, 0.05) is 17.1 Å². The maximum Gasteiger partial charge on any atom is 0.224 e. The number of carbonyl (C=O) groups excluding carboxylic acids is 1. The second-order valence-corrected chi connectivity index (χ2v) is 5.65. The van der Waals surface area contributed by atoms with E-state index in [4.69, 9.17) is 11.6 Å². The van der Waals surface area contributed by atoms with Crippen LogP contribution in [0.1, 0.15) is 20.3 Å². The predicted octanol–water partition coefficient (Wildman–Crippen LogP) is 4.46. The Bertz CT molecular complexity index is 611. The first-order valence-corrected chi connectivity index (χ1v) is 7.19. The fraction of sp³-hybridized carbons (Fsp3) is 0.250. The summed E-state index contributed by atoms with van der Waals surface area (Å²) < 4.78 is 0. The molecule has 0 aliphatic carbocycles. The number of nitrogens with one attached hydrogen (secondary N) is 2. The summed E-state index contributed by atoms with van der Waals surface area (Å²) in [7, 11) is 0. The molecule has 2 rings (SSSR count). The van der Waals surface area contributed by atoms with Gasteiger partial charge in [0.2, 0.25) is 5.91 Å². The zero-order valence-corrected chi connectivity index (χ0v) is 12.8. The highest BCUT2D eigenvalue weighted by molar-refractivity contribution is 6.30. The molecule has 0 saturated carbocycles. The fourth-order valence-electron chi connectivity index (χ4n) is 1.84. The van der Waals surface area contributed by atoms with E-state index in [1.54, 1.807) is 6.20 Å². The topological polar surface area (TPSA) is 54.0 Å². The summed E-state index contributed by atoms with van der Waals surface area (Å²) >= 11 is 5.93. The van der Waals surface area contributed by atoms with Gasteiger partial charge in [0.05, 0.1) is 11.9 Å². The van der Waals surface area contributed by atoms with E-state index < -0.39 is 0 Å². The van der Waals surface area contributed by atoms with Crippen LogP contribution in [-0.2, 0) is 4.79 Å². The summed E-state index contributed by atoms with van der Waals surface area (Å²) in [4.78, 5) is 15.9. The molecular formula is C16H18ClN3O. The van der Waals surface area contributed by atoms with Crippen molar-refractivity contribution in [3.63, 3.8) is 0 Å². The molecule has 0 aliphatic heterocycles. The summed E-state index contributed by atoms with van der Waals surface area (Å²) in [6.45, 7) is 4.02. The molecule has 0 aliphatic rings. The Morgan fingerprint density at radius 3 is 2.67 bits per heavy atom. The normalized spacial score (nSPS) is 10.5. The predicted molar refractivity (Wildman–Crippen MR) is 87.1 cm³/mol. The fourth-order valence-corrected chi connectivity index (χ4v) is 2.03. The highest BCUT2D eigenvalue weighted by Gasteiger charge is 2.05. The van der Waals surface area contributed by atoms with Gasteiger partial charge in [0.25, 0.3) is 0 Å². The van der Waals surface area contributed by atoms with E-state index in [9.17, 15) is 4.79 Å². The Morgan fingerprint density at radius 1 is 1.24 bits per heavy atom. The highest BCUT2D eigenvalue weighted by atomic mass is 35.5. The van der Waals surface area contributed by atoms with Gasteiger partial charge in [0.1, 0.15) is 5.82 Å². The maximum atomic E-state index is 11.7. The smallest absolute Gasteiger partial charge is 0.224 e. The molecule has 0 fully saturated rings. The number of rotatable bonds is 5. The van der Waals surface area contributed by atoms with Gasteiger partial charge in [-0.2, -0.15) is 0 Å². The molecule has 0 atom stereocenters. The van der Waals surface area contributed by atoms with E-state index in [-0.39, 0.29) is 5.91 Å². The number of pyridine rings is 1. The quantitative estimate of drug-likeness (QED) is 0.857. The minimum atomic E-state index is 0.00218. The third-order valence-corrected chi connectivity index (χ3v) is 2.97. The molecule has 2 aromatic rings. The third kappa shape index (κ3) is 5.08. The van der Waals surface area contributed by atoms with Crippen molar-refractivity contribution < 1.29 is 4.79 Å². The van der Waals surface area contributed by atoms with Crippen LogP contribution in [0.2, 0.25) is 5.02 Å². The zero-order valence-electron chi connectivity index (χ0n) is 12.1. The Kier molecular flexibility index (Phi) is 5.17. The number of anilines is 3. The van der Waals surface area contributed by atoms with Crippen LogP contribution < -0.4 is 10.6 Å². The first-order valence-electron chi connectivity index (χ1n) is 6.81. The molecular weight excluding hydrogens is 286 g/mol. The zero-order chi connectivity index (χ0) is 15.2. The van der Waals surface area contributed by atoms with Gasteiger partial charge >= 0.3 is 0 Å². The van der Waals surface area contributed by atoms with E-state index in [0.717, 1.165) is 5.69 Å². The lowest BCUT2D eigenvalue weighted by Crippen LogP contribution is -2.13. The highest BCUT2D eigenvalue weighted by Crippen LogP contribution is 2.19. The van der Waals surface area contributed by atoms with Crippen molar-refractivity contribution in [3.05, 3.63) is 47.6 Å². The van der Waals surface area contributed by atoms with Gasteiger partial charge in [0.15, 0.2) is 0 Å². The van der Waals surface area contributed by atoms with Crippen LogP contribution in [0.3, 0.4) is 0 Å². The molecule has 5 heteroatoms. The average molecular weight is 304 g/mol. The van der Waals surface area contributed by atoms with Gasteiger partial charge in [-0.05, 0) is 36.2 Å². The molecule has 2 N–H and O–H groups in total. The molecule has 0 saturated heterocycles. The Balaban J connectivity index is 1.97. The Morgan fingerprint density at radius 2 is 2.05 bits per heavy atom. The largest absolute Gasteiger partial charge is 0.340 e. The first-order chi connectivity index (χ1) is 10.0. The molecule has 1 heterocycles. The Hall–Kier alpha value is -2.07. The van der Waals surface area contributed by atoms with Crippen LogP contribution in [0, 0.1) is 5.92 Å². The number of halogens is 1. The summed E-state index contributed by atoms with van der Waals surface area (Å²) in [5.74, 6) is 1.03. The van der Waals surface area contributed by atoms with Gasteiger partial charge in [-0.25, -0.2) is 4.98 Å². The van der Waals surface area contributed by atoms with Gasteiger partial charge in [-0.1, -0.05) is 31.5 Å². The minimum Gasteiger partial charge on any atom is -0.340 e. The van der Waals surface area contributed by atoms with Crippen LogP contribution in [-0.4, -0.2) is 10.9 Å². The summed E-state index contributed by atoms with van der Waals surface area (Å²) in [5, 5.41) is 6.64. The number of aromatic nitrogens is 1. The van der Waals surface area contributed by atoms with Crippen LogP contribution in [0.5, 0.6) is 0 Å². The SMILES string of the molecule is CC(C)CC(=O)Nc1ccc(Nc2cccc(Cl)c2)nc1. The van der Waals surface area contributed by atoms with Crippen LogP contribution in [0.15, 0.2) is 42.6 Å². The van der Waals surface area contributed by atoms with Crippen molar-refractivity contribution in [2.45, 2.75) is 20.3 Å².